The highest BCUT2D eigenvalue weighted by Gasteiger charge is 2.18. The number of nitrogens with one attached hydrogen (secondary N) is 1. The van der Waals surface area contributed by atoms with Crippen molar-refractivity contribution in [2.75, 3.05) is 6.54 Å². The molecule has 0 radical (unpaired) electrons. The van der Waals surface area contributed by atoms with E-state index in [-0.39, 0.29) is 11.7 Å². The molecule has 0 spiro atoms. The van der Waals surface area contributed by atoms with E-state index in [0.717, 1.165) is 22.2 Å². The van der Waals surface area contributed by atoms with E-state index in [0.29, 0.717) is 18.8 Å². The van der Waals surface area contributed by atoms with E-state index in [1.165, 1.54) is 5.39 Å². The van der Waals surface area contributed by atoms with E-state index < -0.39 is 0 Å². The van der Waals surface area contributed by atoms with Crippen LogP contribution in [0.5, 0.6) is 5.75 Å². The van der Waals surface area contributed by atoms with Gasteiger partial charge in [0.2, 0.25) is 0 Å². The number of phenolic OH excluding ortho intramolecular Hbond substituents is 1. The molecule has 4 aromatic rings. The Hall–Kier alpha value is -3.60. The molecule has 4 rings (SSSR count). The number of aromatic hydroxyl groups is 1. The van der Waals surface area contributed by atoms with Gasteiger partial charge < -0.3 is 10.0 Å². The number of hydrogen-bond acceptors (Lipinski definition) is 3. The summed E-state index contributed by atoms with van der Waals surface area (Å²) >= 11 is 0. The second kappa shape index (κ2) is 7.56. The highest BCUT2D eigenvalue weighted by Crippen LogP contribution is 2.24. The van der Waals surface area contributed by atoms with Gasteiger partial charge in [0.1, 0.15) is 11.4 Å². The average Bonchev–Trinajstić information content (AvgIpc) is 3.23. The highest BCUT2D eigenvalue weighted by atomic mass is 16.3. The molecule has 0 saturated heterocycles. The van der Waals surface area contributed by atoms with Crippen LogP contribution in [0.4, 0.5) is 0 Å². The molecule has 1 amide bonds. The van der Waals surface area contributed by atoms with E-state index in [9.17, 15) is 9.90 Å². The van der Waals surface area contributed by atoms with Crippen LogP contribution in [0.1, 0.15) is 23.0 Å². The van der Waals surface area contributed by atoms with Crippen LogP contribution < -0.4 is 0 Å². The number of aromatic amines is 1. The van der Waals surface area contributed by atoms with Crippen LogP contribution in [0.3, 0.4) is 0 Å². The first-order valence-electron chi connectivity index (χ1n) is 9.26. The van der Waals surface area contributed by atoms with Crippen molar-refractivity contribution >= 4 is 16.7 Å². The topological polar surface area (TPSA) is 69.2 Å². The van der Waals surface area contributed by atoms with Gasteiger partial charge in [-0.2, -0.15) is 5.10 Å². The van der Waals surface area contributed by atoms with Gasteiger partial charge in [-0.3, -0.25) is 9.89 Å². The normalized spacial score (nSPS) is 10.9. The fourth-order valence-electron chi connectivity index (χ4n) is 3.25. The smallest absolute Gasteiger partial charge is 0.272 e. The van der Waals surface area contributed by atoms with Gasteiger partial charge in [0.15, 0.2) is 0 Å². The van der Waals surface area contributed by atoms with Crippen molar-refractivity contribution in [1.82, 2.24) is 15.1 Å². The molecule has 1 heterocycles. The molecule has 1 aromatic heterocycles. The summed E-state index contributed by atoms with van der Waals surface area (Å²) in [6.45, 7) is 2.99. The molecule has 140 valence electrons. The number of benzene rings is 3. The summed E-state index contributed by atoms with van der Waals surface area (Å²) in [6.07, 6.45) is 0. The third-order valence-corrected chi connectivity index (χ3v) is 4.83. The lowest BCUT2D eigenvalue weighted by Crippen LogP contribution is -2.30. The van der Waals surface area contributed by atoms with Crippen LogP contribution in [0, 0.1) is 0 Å². The largest absolute Gasteiger partial charge is 0.508 e. The number of aromatic nitrogens is 2. The van der Waals surface area contributed by atoms with Crippen molar-refractivity contribution in [3.05, 3.63) is 84.1 Å². The maximum Gasteiger partial charge on any atom is 0.272 e. The molecule has 0 atom stereocenters. The third-order valence-electron chi connectivity index (χ3n) is 4.83. The first-order chi connectivity index (χ1) is 13.6. The Morgan fingerprint density at radius 2 is 1.75 bits per heavy atom. The second-order valence-corrected chi connectivity index (χ2v) is 6.71. The number of amides is 1. The van der Waals surface area contributed by atoms with E-state index in [1.54, 1.807) is 23.1 Å². The molecule has 28 heavy (non-hydrogen) atoms. The van der Waals surface area contributed by atoms with Gasteiger partial charge in [-0.1, -0.05) is 48.5 Å². The summed E-state index contributed by atoms with van der Waals surface area (Å²) in [6, 6.07) is 23.0. The number of carbonyl (C=O) groups excluding carboxylic acids is 1. The van der Waals surface area contributed by atoms with Crippen molar-refractivity contribution in [3.8, 4) is 17.0 Å². The van der Waals surface area contributed by atoms with E-state index in [2.05, 4.69) is 34.5 Å². The average molecular weight is 371 g/mol. The minimum Gasteiger partial charge on any atom is -0.508 e. The molecule has 3 aromatic carbocycles. The van der Waals surface area contributed by atoms with Crippen LogP contribution in [-0.2, 0) is 6.54 Å². The molecule has 0 unspecified atom stereocenters. The van der Waals surface area contributed by atoms with Gasteiger partial charge in [-0.05, 0) is 47.5 Å². The molecule has 0 fully saturated rings. The first-order valence-corrected chi connectivity index (χ1v) is 9.26. The molecule has 5 heteroatoms. The van der Waals surface area contributed by atoms with Crippen LogP contribution in [-0.4, -0.2) is 32.7 Å². The van der Waals surface area contributed by atoms with Crippen molar-refractivity contribution in [2.24, 2.45) is 0 Å². The van der Waals surface area contributed by atoms with E-state index in [1.807, 2.05) is 37.3 Å². The zero-order chi connectivity index (χ0) is 19.5. The Kier molecular flexibility index (Phi) is 4.81. The van der Waals surface area contributed by atoms with Gasteiger partial charge >= 0.3 is 0 Å². The molecule has 0 saturated carbocycles. The second-order valence-electron chi connectivity index (χ2n) is 6.71. The maximum absolute atomic E-state index is 12.9. The molecular formula is C23H21N3O2. The number of hydrogen-bond donors (Lipinski definition) is 2. The van der Waals surface area contributed by atoms with Gasteiger partial charge in [-0.25, -0.2) is 0 Å². The maximum atomic E-state index is 12.9. The minimum atomic E-state index is -0.102. The molecule has 2 N–H and O–H groups in total. The molecule has 0 aliphatic carbocycles. The molecular weight excluding hydrogens is 350 g/mol. The molecule has 0 bridgehead atoms. The van der Waals surface area contributed by atoms with Gasteiger partial charge in [0.25, 0.3) is 5.91 Å². The summed E-state index contributed by atoms with van der Waals surface area (Å²) in [4.78, 5) is 14.6. The van der Waals surface area contributed by atoms with Crippen LogP contribution in [0.2, 0.25) is 0 Å². The SMILES string of the molecule is CCN(Cc1ccc(O)cc1)C(=O)c1cc(-c2ccc3ccccc3c2)n[nH]1. The Balaban J connectivity index is 1.56. The van der Waals surface area contributed by atoms with Crippen molar-refractivity contribution in [1.29, 1.82) is 0 Å². The van der Waals surface area contributed by atoms with Crippen molar-refractivity contribution < 1.29 is 9.90 Å². The number of nitrogens with zero attached hydrogens (tertiary/aromatic N) is 2. The highest BCUT2D eigenvalue weighted by molar-refractivity contribution is 5.94. The molecule has 5 nitrogen and oxygen atoms in total. The Labute approximate surface area is 163 Å². The quantitative estimate of drug-likeness (QED) is 0.539. The van der Waals surface area contributed by atoms with E-state index >= 15 is 0 Å². The Morgan fingerprint density at radius 3 is 2.50 bits per heavy atom. The van der Waals surface area contributed by atoms with Crippen LogP contribution >= 0.6 is 0 Å². The van der Waals surface area contributed by atoms with Gasteiger partial charge in [-0.15, -0.1) is 0 Å². The zero-order valence-electron chi connectivity index (χ0n) is 15.6. The van der Waals surface area contributed by atoms with Crippen LogP contribution in [0.25, 0.3) is 22.0 Å². The van der Waals surface area contributed by atoms with E-state index in [4.69, 9.17) is 0 Å². The number of phenols is 1. The van der Waals surface area contributed by atoms with Gasteiger partial charge in [0, 0.05) is 18.7 Å². The number of carbonyl (C=O) groups is 1. The zero-order valence-corrected chi connectivity index (χ0v) is 15.6. The molecule has 0 aliphatic rings. The summed E-state index contributed by atoms with van der Waals surface area (Å²) in [7, 11) is 0. The summed E-state index contributed by atoms with van der Waals surface area (Å²) in [5.41, 5.74) is 3.14. The van der Waals surface area contributed by atoms with Crippen molar-refractivity contribution in [3.63, 3.8) is 0 Å². The van der Waals surface area contributed by atoms with Crippen molar-refractivity contribution in [2.45, 2.75) is 13.5 Å². The lowest BCUT2D eigenvalue weighted by molar-refractivity contribution is 0.0746. The standard InChI is InChI=1S/C23H21N3O2/c1-2-26(15-16-7-11-20(27)12-8-16)23(28)22-14-21(24-25-22)19-10-9-17-5-3-4-6-18(17)13-19/h3-14,27H,2,15H2,1H3,(H,24,25). The first kappa shape index (κ1) is 17.8. The van der Waals surface area contributed by atoms with Gasteiger partial charge in [0.05, 0.1) is 5.69 Å². The van der Waals surface area contributed by atoms with Crippen LogP contribution in [0.15, 0.2) is 72.8 Å². The predicted molar refractivity (Wildman–Crippen MR) is 110 cm³/mol. The summed E-state index contributed by atoms with van der Waals surface area (Å²) < 4.78 is 0. The minimum absolute atomic E-state index is 0.102. The fourth-order valence-corrected chi connectivity index (χ4v) is 3.25. The molecule has 0 aliphatic heterocycles. The lowest BCUT2D eigenvalue weighted by atomic mass is 10.1. The number of H-pyrrole nitrogens is 1. The number of rotatable bonds is 5. The fraction of sp³-hybridized carbons (Fsp3) is 0.130. The Bertz CT molecular complexity index is 1120. The lowest BCUT2D eigenvalue weighted by Gasteiger charge is -2.20. The summed E-state index contributed by atoms with van der Waals surface area (Å²) in [5.74, 6) is 0.113. The monoisotopic (exact) mass is 371 g/mol. The predicted octanol–water partition coefficient (Wildman–Crippen LogP) is 4.60. The third kappa shape index (κ3) is 3.60. The Morgan fingerprint density at radius 1 is 1.00 bits per heavy atom. The number of fused-ring (bicyclic) bond motifs is 1. The summed E-state index contributed by atoms with van der Waals surface area (Å²) in [5, 5.41) is 19.0.